The lowest BCUT2D eigenvalue weighted by atomic mass is 10.1. The number of carbonyl (C=O) groups is 1. The van der Waals surface area contributed by atoms with Gasteiger partial charge in [0, 0.05) is 12.7 Å². The number of ether oxygens (including phenoxy) is 1. The fraction of sp³-hybridized carbons (Fsp3) is 0.208. The molecule has 0 radical (unpaired) electrons. The summed E-state index contributed by atoms with van der Waals surface area (Å²) in [6, 6.07) is 20.7. The number of hydrogen-bond acceptors (Lipinski definition) is 4. The van der Waals surface area contributed by atoms with E-state index < -0.39 is 16.1 Å². The van der Waals surface area contributed by atoms with Crippen molar-refractivity contribution < 1.29 is 17.9 Å². The van der Waals surface area contributed by atoms with Gasteiger partial charge in [-0.2, -0.15) is 0 Å². The lowest BCUT2D eigenvalue weighted by Crippen LogP contribution is -2.30. The molecule has 0 bridgehead atoms. The molecule has 0 saturated heterocycles. The average Bonchev–Trinajstić information content (AvgIpc) is 2.76. The molecule has 1 unspecified atom stereocenters. The fourth-order valence-electron chi connectivity index (χ4n) is 2.97. The SMILES string of the molecule is Cc1ccc(C)c(OC(C)C(=O)Nc2ccc(S(=O)(=O)N(C)c3ccccc3)cc2)c1. The van der Waals surface area contributed by atoms with E-state index >= 15 is 0 Å². The predicted molar refractivity (Wildman–Crippen MR) is 123 cm³/mol. The molecule has 162 valence electrons. The van der Waals surface area contributed by atoms with Crippen LogP contribution in [-0.2, 0) is 14.8 Å². The van der Waals surface area contributed by atoms with Crippen molar-refractivity contribution in [3.05, 3.63) is 83.9 Å². The van der Waals surface area contributed by atoms with Gasteiger partial charge in [-0.3, -0.25) is 9.10 Å². The van der Waals surface area contributed by atoms with Crippen molar-refractivity contribution in [2.45, 2.75) is 31.8 Å². The zero-order valence-electron chi connectivity index (χ0n) is 18.0. The highest BCUT2D eigenvalue weighted by atomic mass is 32.2. The van der Waals surface area contributed by atoms with Crippen molar-refractivity contribution in [1.29, 1.82) is 0 Å². The Bertz CT molecular complexity index is 1160. The van der Waals surface area contributed by atoms with Crippen LogP contribution in [0.4, 0.5) is 11.4 Å². The maximum absolute atomic E-state index is 12.9. The Morgan fingerprint density at radius 3 is 2.26 bits per heavy atom. The van der Waals surface area contributed by atoms with Crippen LogP contribution in [0.3, 0.4) is 0 Å². The highest BCUT2D eigenvalue weighted by Crippen LogP contribution is 2.24. The van der Waals surface area contributed by atoms with Gasteiger partial charge >= 0.3 is 0 Å². The summed E-state index contributed by atoms with van der Waals surface area (Å²) in [4.78, 5) is 12.7. The van der Waals surface area contributed by atoms with Crippen LogP contribution in [0.5, 0.6) is 5.75 Å². The summed E-state index contributed by atoms with van der Waals surface area (Å²) in [6.07, 6.45) is -0.715. The van der Waals surface area contributed by atoms with Crippen LogP contribution >= 0.6 is 0 Å². The first-order valence-electron chi connectivity index (χ1n) is 9.87. The number of benzene rings is 3. The highest BCUT2D eigenvalue weighted by Gasteiger charge is 2.21. The van der Waals surface area contributed by atoms with E-state index in [1.807, 2.05) is 38.1 Å². The molecule has 7 heteroatoms. The second kappa shape index (κ2) is 9.22. The van der Waals surface area contributed by atoms with E-state index in [-0.39, 0.29) is 10.8 Å². The van der Waals surface area contributed by atoms with Gasteiger partial charge in [0.25, 0.3) is 15.9 Å². The summed E-state index contributed by atoms with van der Waals surface area (Å²) in [5.41, 5.74) is 3.05. The van der Waals surface area contributed by atoms with Gasteiger partial charge in [-0.25, -0.2) is 8.42 Å². The van der Waals surface area contributed by atoms with Crippen molar-refractivity contribution in [3.63, 3.8) is 0 Å². The number of rotatable bonds is 7. The van der Waals surface area contributed by atoms with E-state index in [9.17, 15) is 13.2 Å². The summed E-state index contributed by atoms with van der Waals surface area (Å²) in [7, 11) is -2.20. The highest BCUT2D eigenvalue weighted by molar-refractivity contribution is 7.92. The molecule has 3 aromatic rings. The molecular formula is C24H26N2O4S. The molecule has 6 nitrogen and oxygen atoms in total. The van der Waals surface area contributed by atoms with Crippen LogP contribution in [0.1, 0.15) is 18.1 Å². The lowest BCUT2D eigenvalue weighted by molar-refractivity contribution is -0.122. The predicted octanol–water partition coefficient (Wildman–Crippen LogP) is 4.53. The number of para-hydroxylation sites is 1. The van der Waals surface area contributed by atoms with E-state index in [2.05, 4.69) is 5.32 Å². The Morgan fingerprint density at radius 2 is 1.61 bits per heavy atom. The third kappa shape index (κ3) is 5.24. The zero-order chi connectivity index (χ0) is 22.6. The summed E-state index contributed by atoms with van der Waals surface area (Å²) >= 11 is 0. The maximum atomic E-state index is 12.9. The molecule has 0 aliphatic rings. The van der Waals surface area contributed by atoms with Gasteiger partial charge in [-0.1, -0.05) is 30.3 Å². The van der Waals surface area contributed by atoms with E-state index in [4.69, 9.17) is 4.74 Å². The summed E-state index contributed by atoms with van der Waals surface area (Å²) in [5, 5.41) is 2.76. The van der Waals surface area contributed by atoms with Crippen molar-refractivity contribution >= 4 is 27.3 Å². The fourth-order valence-corrected chi connectivity index (χ4v) is 4.16. The minimum atomic E-state index is -3.71. The molecule has 0 aliphatic heterocycles. The molecule has 0 aromatic heterocycles. The maximum Gasteiger partial charge on any atom is 0.265 e. The Kier molecular flexibility index (Phi) is 6.65. The largest absolute Gasteiger partial charge is 0.481 e. The molecule has 3 aromatic carbocycles. The van der Waals surface area contributed by atoms with E-state index in [0.29, 0.717) is 17.1 Å². The zero-order valence-corrected chi connectivity index (χ0v) is 18.8. The van der Waals surface area contributed by atoms with Crippen LogP contribution in [-0.4, -0.2) is 27.5 Å². The topological polar surface area (TPSA) is 75.7 Å². The van der Waals surface area contributed by atoms with Crippen LogP contribution in [0.15, 0.2) is 77.7 Å². The Balaban J connectivity index is 1.68. The molecule has 0 fully saturated rings. The van der Waals surface area contributed by atoms with Crippen LogP contribution in [0, 0.1) is 13.8 Å². The van der Waals surface area contributed by atoms with Crippen LogP contribution < -0.4 is 14.4 Å². The van der Waals surface area contributed by atoms with Gasteiger partial charge in [0.1, 0.15) is 5.75 Å². The molecule has 0 heterocycles. The number of anilines is 2. The molecule has 1 N–H and O–H groups in total. The second-order valence-electron chi connectivity index (χ2n) is 7.35. The van der Waals surface area contributed by atoms with Gasteiger partial charge < -0.3 is 10.1 Å². The minimum absolute atomic E-state index is 0.136. The number of nitrogens with one attached hydrogen (secondary N) is 1. The number of nitrogens with zero attached hydrogens (tertiary/aromatic N) is 1. The van der Waals surface area contributed by atoms with Crippen molar-refractivity contribution in [3.8, 4) is 5.75 Å². The minimum Gasteiger partial charge on any atom is -0.481 e. The van der Waals surface area contributed by atoms with E-state index in [1.165, 1.54) is 23.5 Å². The summed E-state index contributed by atoms with van der Waals surface area (Å²) in [6.45, 7) is 5.55. The Hall–Kier alpha value is -3.32. The van der Waals surface area contributed by atoms with Crippen molar-refractivity contribution in [1.82, 2.24) is 0 Å². The Labute approximate surface area is 183 Å². The molecule has 3 rings (SSSR count). The van der Waals surface area contributed by atoms with Crippen molar-refractivity contribution in [2.24, 2.45) is 0 Å². The normalized spacial score (nSPS) is 12.1. The lowest BCUT2D eigenvalue weighted by Gasteiger charge is -2.20. The number of amides is 1. The van der Waals surface area contributed by atoms with Gasteiger partial charge in [-0.05, 0) is 74.4 Å². The van der Waals surface area contributed by atoms with Gasteiger partial charge in [-0.15, -0.1) is 0 Å². The number of carbonyl (C=O) groups excluding carboxylic acids is 1. The first-order chi connectivity index (χ1) is 14.7. The average molecular weight is 439 g/mol. The van der Waals surface area contributed by atoms with E-state index in [1.54, 1.807) is 43.3 Å². The molecule has 1 amide bonds. The third-order valence-electron chi connectivity index (χ3n) is 4.92. The third-order valence-corrected chi connectivity index (χ3v) is 6.72. The molecular weight excluding hydrogens is 412 g/mol. The van der Waals surface area contributed by atoms with Gasteiger partial charge in [0.05, 0.1) is 10.6 Å². The Morgan fingerprint density at radius 1 is 0.968 bits per heavy atom. The number of hydrogen-bond donors (Lipinski definition) is 1. The van der Waals surface area contributed by atoms with Gasteiger partial charge in [0.15, 0.2) is 6.10 Å². The standard InChI is InChI=1S/C24H26N2O4S/c1-17-10-11-18(2)23(16-17)30-19(3)24(27)25-20-12-14-22(15-13-20)31(28,29)26(4)21-8-6-5-7-9-21/h5-16,19H,1-4H3,(H,25,27). The molecule has 31 heavy (non-hydrogen) atoms. The second-order valence-corrected chi connectivity index (χ2v) is 9.32. The molecule has 0 aliphatic carbocycles. The van der Waals surface area contributed by atoms with Crippen LogP contribution in [0.25, 0.3) is 0 Å². The molecule has 0 spiro atoms. The van der Waals surface area contributed by atoms with Gasteiger partial charge in [0.2, 0.25) is 0 Å². The van der Waals surface area contributed by atoms with Crippen LogP contribution in [0.2, 0.25) is 0 Å². The molecule has 1 atom stereocenters. The smallest absolute Gasteiger partial charge is 0.265 e. The number of aryl methyl sites for hydroxylation is 2. The summed E-state index contributed by atoms with van der Waals surface area (Å²) < 4.78 is 32.7. The first kappa shape index (κ1) is 22.4. The summed E-state index contributed by atoms with van der Waals surface area (Å²) in [5.74, 6) is 0.339. The molecule has 0 saturated carbocycles. The number of sulfonamides is 1. The monoisotopic (exact) mass is 438 g/mol. The van der Waals surface area contributed by atoms with E-state index in [0.717, 1.165) is 11.1 Å². The first-order valence-corrected chi connectivity index (χ1v) is 11.3. The van der Waals surface area contributed by atoms with Crippen molar-refractivity contribution in [2.75, 3.05) is 16.7 Å². The quantitative estimate of drug-likeness (QED) is 0.588.